The summed E-state index contributed by atoms with van der Waals surface area (Å²) in [4.78, 5) is 16.8. The number of thiophene rings is 1. The van der Waals surface area contributed by atoms with E-state index in [1.54, 1.807) is 22.0 Å². The van der Waals surface area contributed by atoms with Crippen molar-refractivity contribution in [2.75, 3.05) is 0 Å². The van der Waals surface area contributed by atoms with E-state index in [0.29, 0.717) is 11.3 Å². The zero-order valence-electron chi connectivity index (χ0n) is 9.28. The number of nitrogens with one attached hydrogen (secondary N) is 1. The summed E-state index contributed by atoms with van der Waals surface area (Å²) in [5, 5.41) is 0. The van der Waals surface area contributed by atoms with E-state index in [0.717, 1.165) is 23.1 Å². The lowest BCUT2D eigenvalue weighted by Crippen LogP contribution is -2.20. The third-order valence-corrected chi connectivity index (χ3v) is 4.75. The van der Waals surface area contributed by atoms with Crippen molar-refractivity contribution in [1.82, 2.24) is 9.55 Å². The maximum atomic E-state index is 12.3. The second kappa shape index (κ2) is 3.92. The standard InChI is InChI=1S/C12H12N2OS2/c1-2-6-14-11(15)10-9(13-12(14)16)7-4-3-5-8(7)17-10/h2H,1,3-6H2,(H,13,16). The Bertz CT molecular complexity index is 720. The van der Waals surface area contributed by atoms with Gasteiger partial charge in [-0.2, -0.15) is 0 Å². The maximum Gasteiger partial charge on any atom is 0.272 e. The Balaban J connectivity index is 2.40. The molecule has 0 amide bonds. The van der Waals surface area contributed by atoms with E-state index in [9.17, 15) is 4.79 Å². The molecule has 3 nitrogen and oxygen atoms in total. The molecule has 1 aliphatic carbocycles. The smallest absolute Gasteiger partial charge is 0.272 e. The summed E-state index contributed by atoms with van der Waals surface area (Å²) in [5.74, 6) is 0. The van der Waals surface area contributed by atoms with E-state index in [2.05, 4.69) is 11.6 Å². The van der Waals surface area contributed by atoms with Crippen LogP contribution in [0.15, 0.2) is 17.4 Å². The minimum absolute atomic E-state index is 0.0167. The first kappa shape index (κ1) is 10.9. The first-order valence-electron chi connectivity index (χ1n) is 5.60. The topological polar surface area (TPSA) is 37.8 Å². The Labute approximate surface area is 107 Å². The molecule has 0 saturated carbocycles. The van der Waals surface area contributed by atoms with Gasteiger partial charge in [-0.25, -0.2) is 0 Å². The lowest BCUT2D eigenvalue weighted by molar-refractivity contribution is 0.754. The van der Waals surface area contributed by atoms with E-state index in [4.69, 9.17) is 12.2 Å². The van der Waals surface area contributed by atoms with E-state index < -0.39 is 0 Å². The third kappa shape index (κ3) is 1.53. The third-order valence-electron chi connectivity index (χ3n) is 3.15. The van der Waals surface area contributed by atoms with Crippen molar-refractivity contribution < 1.29 is 0 Å². The minimum atomic E-state index is 0.0167. The fourth-order valence-corrected chi connectivity index (χ4v) is 3.92. The Kier molecular flexibility index (Phi) is 2.52. The SMILES string of the molecule is C=CCn1c(=S)[nH]c2c3c(sc2c1=O)CCC3. The van der Waals surface area contributed by atoms with Crippen LogP contribution in [0.25, 0.3) is 10.2 Å². The molecule has 0 spiro atoms. The van der Waals surface area contributed by atoms with Crippen molar-refractivity contribution in [3.05, 3.63) is 38.2 Å². The number of rotatable bonds is 2. The number of allylic oxidation sites excluding steroid dienone is 1. The van der Waals surface area contributed by atoms with E-state index in [1.807, 2.05) is 0 Å². The molecule has 5 heteroatoms. The number of aromatic nitrogens is 2. The highest BCUT2D eigenvalue weighted by Gasteiger charge is 2.20. The number of aryl methyl sites for hydroxylation is 2. The average molecular weight is 264 g/mol. The second-order valence-electron chi connectivity index (χ2n) is 4.20. The first-order chi connectivity index (χ1) is 8.22. The molecular formula is C12H12N2OS2. The van der Waals surface area contributed by atoms with Crippen LogP contribution in [0.4, 0.5) is 0 Å². The van der Waals surface area contributed by atoms with Gasteiger partial charge < -0.3 is 4.98 Å². The van der Waals surface area contributed by atoms with Crippen LogP contribution in [-0.4, -0.2) is 9.55 Å². The monoisotopic (exact) mass is 264 g/mol. The summed E-state index contributed by atoms with van der Waals surface area (Å²) in [6, 6.07) is 0. The molecule has 0 unspecified atom stereocenters. The van der Waals surface area contributed by atoms with Crippen molar-refractivity contribution in [2.24, 2.45) is 0 Å². The number of aromatic amines is 1. The van der Waals surface area contributed by atoms with E-state index in [1.165, 1.54) is 16.9 Å². The maximum absolute atomic E-state index is 12.3. The minimum Gasteiger partial charge on any atom is -0.331 e. The number of hydrogen-bond donors (Lipinski definition) is 1. The molecule has 1 aliphatic rings. The van der Waals surface area contributed by atoms with Crippen molar-refractivity contribution in [3.63, 3.8) is 0 Å². The molecule has 0 saturated heterocycles. The molecule has 1 N–H and O–H groups in total. The highest BCUT2D eigenvalue weighted by atomic mass is 32.1. The summed E-state index contributed by atoms with van der Waals surface area (Å²) in [7, 11) is 0. The van der Waals surface area contributed by atoms with Crippen LogP contribution in [0.3, 0.4) is 0 Å². The van der Waals surface area contributed by atoms with Gasteiger partial charge in [-0.05, 0) is 37.0 Å². The highest BCUT2D eigenvalue weighted by Crippen LogP contribution is 2.34. The molecule has 0 aliphatic heterocycles. The van der Waals surface area contributed by atoms with Gasteiger partial charge in [0.05, 0.1) is 5.52 Å². The predicted octanol–water partition coefficient (Wildman–Crippen LogP) is 2.80. The van der Waals surface area contributed by atoms with Crippen molar-refractivity contribution >= 4 is 33.8 Å². The molecule has 88 valence electrons. The Hall–Kier alpha value is -1.20. The molecule has 17 heavy (non-hydrogen) atoms. The van der Waals surface area contributed by atoms with Crippen molar-refractivity contribution in [2.45, 2.75) is 25.8 Å². The fraction of sp³-hybridized carbons (Fsp3) is 0.333. The summed E-state index contributed by atoms with van der Waals surface area (Å²) >= 11 is 6.85. The molecule has 0 fully saturated rings. The molecule has 2 heterocycles. The van der Waals surface area contributed by atoms with Crippen LogP contribution in [0.1, 0.15) is 16.9 Å². The Morgan fingerprint density at radius 1 is 1.53 bits per heavy atom. The zero-order valence-corrected chi connectivity index (χ0v) is 10.9. The fourth-order valence-electron chi connectivity index (χ4n) is 2.37. The largest absolute Gasteiger partial charge is 0.331 e. The molecule has 0 aromatic carbocycles. The van der Waals surface area contributed by atoms with Crippen LogP contribution < -0.4 is 5.56 Å². The quantitative estimate of drug-likeness (QED) is 0.669. The van der Waals surface area contributed by atoms with E-state index in [-0.39, 0.29) is 5.56 Å². The van der Waals surface area contributed by atoms with E-state index >= 15 is 0 Å². The lowest BCUT2D eigenvalue weighted by Gasteiger charge is -2.03. The molecule has 2 aromatic rings. The number of H-pyrrole nitrogens is 1. The Morgan fingerprint density at radius 3 is 3.12 bits per heavy atom. The van der Waals surface area contributed by atoms with Crippen molar-refractivity contribution in [1.29, 1.82) is 0 Å². The molecule has 0 radical (unpaired) electrons. The van der Waals surface area contributed by atoms with Gasteiger partial charge in [-0.15, -0.1) is 17.9 Å². The van der Waals surface area contributed by atoms with Crippen LogP contribution in [-0.2, 0) is 19.4 Å². The van der Waals surface area contributed by atoms with Crippen LogP contribution in [0.2, 0.25) is 0 Å². The number of fused-ring (bicyclic) bond motifs is 3. The average Bonchev–Trinajstić information content (AvgIpc) is 2.86. The summed E-state index contributed by atoms with van der Waals surface area (Å²) in [5.41, 5.74) is 2.29. The summed E-state index contributed by atoms with van der Waals surface area (Å²) in [6.45, 7) is 4.12. The van der Waals surface area contributed by atoms with Gasteiger partial charge in [0.2, 0.25) is 0 Å². The van der Waals surface area contributed by atoms with Crippen LogP contribution >= 0.6 is 23.6 Å². The molecule has 2 aromatic heterocycles. The normalized spacial score (nSPS) is 14.1. The lowest BCUT2D eigenvalue weighted by atomic mass is 10.2. The number of nitrogens with zero attached hydrogens (tertiary/aromatic N) is 1. The summed E-state index contributed by atoms with van der Waals surface area (Å²) < 4.78 is 2.87. The van der Waals surface area contributed by atoms with Gasteiger partial charge in [-0.3, -0.25) is 9.36 Å². The van der Waals surface area contributed by atoms with Gasteiger partial charge in [0.1, 0.15) is 4.70 Å². The molecule has 0 bridgehead atoms. The van der Waals surface area contributed by atoms with Gasteiger partial charge in [0, 0.05) is 11.4 Å². The van der Waals surface area contributed by atoms with Crippen LogP contribution in [0.5, 0.6) is 0 Å². The second-order valence-corrected chi connectivity index (χ2v) is 5.69. The molecule has 0 atom stereocenters. The summed E-state index contributed by atoms with van der Waals surface area (Å²) in [6.07, 6.45) is 5.04. The Morgan fingerprint density at radius 2 is 2.35 bits per heavy atom. The zero-order chi connectivity index (χ0) is 12.0. The van der Waals surface area contributed by atoms with Gasteiger partial charge in [0.25, 0.3) is 5.56 Å². The predicted molar refractivity (Wildman–Crippen MR) is 73.5 cm³/mol. The highest BCUT2D eigenvalue weighted by molar-refractivity contribution is 7.71. The number of hydrogen-bond acceptors (Lipinski definition) is 3. The first-order valence-corrected chi connectivity index (χ1v) is 6.83. The molecular weight excluding hydrogens is 252 g/mol. The van der Waals surface area contributed by atoms with Gasteiger partial charge in [-0.1, -0.05) is 6.08 Å². The van der Waals surface area contributed by atoms with Crippen molar-refractivity contribution in [3.8, 4) is 0 Å². The van der Waals surface area contributed by atoms with Gasteiger partial charge in [0.15, 0.2) is 4.77 Å². The van der Waals surface area contributed by atoms with Crippen LogP contribution in [0, 0.1) is 4.77 Å². The van der Waals surface area contributed by atoms with Gasteiger partial charge >= 0.3 is 0 Å². The molecule has 3 rings (SSSR count).